The molecule has 1 aromatic rings. The van der Waals surface area contributed by atoms with Crippen molar-refractivity contribution in [3.05, 3.63) is 89.6 Å². The third kappa shape index (κ3) is 6.10. The van der Waals surface area contributed by atoms with E-state index in [0.29, 0.717) is 12.0 Å². The summed E-state index contributed by atoms with van der Waals surface area (Å²) in [6.07, 6.45) is 14.6. The summed E-state index contributed by atoms with van der Waals surface area (Å²) in [6, 6.07) is 9.18. The highest BCUT2D eigenvalue weighted by Crippen LogP contribution is 2.34. The van der Waals surface area contributed by atoms with Crippen LogP contribution in [0.25, 0.3) is 5.70 Å². The molecule has 1 aromatic carbocycles. The Hall–Kier alpha value is -2.40. The summed E-state index contributed by atoms with van der Waals surface area (Å²) < 4.78 is 5.48. The Bertz CT molecular complexity index is 890. The molecule has 0 bridgehead atoms. The van der Waals surface area contributed by atoms with E-state index in [1.165, 1.54) is 28.0 Å². The van der Waals surface area contributed by atoms with E-state index in [2.05, 4.69) is 97.5 Å². The maximum absolute atomic E-state index is 5.48. The summed E-state index contributed by atoms with van der Waals surface area (Å²) in [5.41, 5.74) is 10.3. The Morgan fingerprint density at radius 2 is 1.97 bits per heavy atom. The van der Waals surface area contributed by atoms with Crippen molar-refractivity contribution >= 4 is 5.70 Å². The molecule has 4 heteroatoms. The average molecular weight is 434 g/mol. The monoisotopic (exact) mass is 433 g/mol. The fourth-order valence-electron chi connectivity index (χ4n) is 4.44. The summed E-state index contributed by atoms with van der Waals surface area (Å²) in [6.45, 7) is 14.2. The third-order valence-corrected chi connectivity index (χ3v) is 6.06. The Balaban J connectivity index is 0.000000913. The molecule has 4 rings (SSSR count). The van der Waals surface area contributed by atoms with E-state index < -0.39 is 0 Å². The molecule has 3 aliphatic rings. The van der Waals surface area contributed by atoms with Gasteiger partial charge in [0, 0.05) is 38.3 Å². The van der Waals surface area contributed by atoms with Crippen LogP contribution in [0.4, 0.5) is 0 Å². The van der Waals surface area contributed by atoms with Crippen LogP contribution in [0.15, 0.2) is 78.4 Å². The smallest absolute Gasteiger partial charge is 0.0608 e. The molecular weight excluding hydrogens is 394 g/mol. The first-order valence-corrected chi connectivity index (χ1v) is 11.8. The number of hydrogen-bond acceptors (Lipinski definition) is 4. The normalized spacial score (nSPS) is 23.5. The van der Waals surface area contributed by atoms with Crippen molar-refractivity contribution in [3.8, 4) is 0 Å². The maximum atomic E-state index is 5.48. The molecule has 2 atom stereocenters. The Morgan fingerprint density at radius 1 is 1.22 bits per heavy atom. The van der Waals surface area contributed by atoms with E-state index in [-0.39, 0.29) is 0 Å². The molecule has 1 saturated heterocycles. The summed E-state index contributed by atoms with van der Waals surface area (Å²) in [4.78, 5) is 2.36. The molecule has 1 fully saturated rings. The fourth-order valence-corrected chi connectivity index (χ4v) is 4.44. The van der Waals surface area contributed by atoms with E-state index in [1.807, 2.05) is 6.92 Å². The molecule has 0 spiro atoms. The second-order valence-corrected chi connectivity index (χ2v) is 8.63. The molecule has 1 N–H and O–H groups in total. The number of hydrazine groups is 1. The van der Waals surface area contributed by atoms with Gasteiger partial charge in [-0.2, -0.15) is 0 Å². The van der Waals surface area contributed by atoms with Crippen molar-refractivity contribution < 1.29 is 4.74 Å². The lowest BCUT2D eigenvalue weighted by molar-refractivity contribution is 0.00404. The van der Waals surface area contributed by atoms with Crippen LogP contribution in [-0.2, 0) is 4.74 Å². The van der Waals surface area contributed by atoms with Crippen molar-refractivity contribution in [3.63, 3.8) is 0 Å². The standard InChI is InChI=1S/C25H33N3O.C3H6/c1-4-20-18-21(10-11-24(20)26-28-13-15-29-16-14-28)23-9-6-12-27(3)25(23)22-8-5-7-19(2)17-22;1-3-2/h5-11,17-18,20,24,26H,4,12-16H2,1-3H3;3H,1H2,2H3. The van der Waals surface area contributed by atoms with E-state index >= 15 is 0 Å². The summed E-state index contributed by atoms with van der Waals surface area (Å²) in [5, 5.41) is 2.31. The number of nitrogens with zero attached hydrogens (tertiary/aromatic N) is 2. The summed E-state index contributed by atoms with van der Waals surface area (Å²) >= 11 is 0. The number of allylic oxidation sites excluding steroid dienone is 5. The molecule has 32 heavy (non-hydrogen) atoms. The van der Waals surface area contributed by atoms with Gasteiger partial charge in [0.2, 0.25) is 0 Å². The van der Waals surface area contributed by atoms with Crippen LogP contribution in [0.5, 0.6) is 0 Å². The molecule has 172 valence electrons. The Morgan fingerprint density at radius 3 is 2.66 bits per heavy atom. The zero-order valence-electron chi connectivity index (χ0n) is 20.2. The number of hydrogen-bond donors (Lipinski definition) is 1. The number of morpholine rings is 1. The predicted octanol–water partition coefficient (Wildman–Crippen LogP) is 5.13. The van der Waals surface area contributed by atoms with Crippen LogP contribution in [0.3, 0.4) is 0 Å². The molecule has 0 amide bonds. The third-order valence-electron chi connectivity index (χ3n) is 6.06. The van der Waals surface area contributed by atoms with Gasteiger partial charge in [-0.25, -0.2) is 10.4 Å². The summed E-state index contributed by atoms with van der Waals surface area (Å²) in [7, 11) is 2.19. The molecule has 2 heterocycles. The van der Waals surface area contributed by atoms with Gasteiger partial charge in [-0.05, 0) is 43.4 Å². The van der Waals surface area contributed by atoms with Crippen molar-refractivity contribution in [2.45, 2.75) is 33.2 Å². The maximum Gasteiger partial charge on any atom is 0.0608 e. The van der Waals surface area contributed by atoms with Gasteiger partial charge in [-0.15, -0.1) is 6.58 Å². The van der Waals surface area contributed by atoms with Crippen LogP contribution in [0.2, 0.25) is 0 Å². The first kappa shape index (κ1) is 24.2. The van der Waals surface area contributed by atoms with Crippen molar-refractivity contribution in [1.29, 1.82) is 0 Å². The number of likely N-dealkylation sites (N-methyl/N-ethyl adjacent to an activating group) is 1. The molecule has 1 aliphatic carbocycles. The minimum Gasteiger partial charge on any atom is -0.379 e. The zero-order chi connectivity index (χ0) is 22.9. The van der Waals surface area contributed by atoms with Gasteiger partial charge >= 0.3 is 0 Å². The van der Waals surface area contributed by atoms with E-state index in [1.54, 1.807) is 6.08 Å². The van der Waals surface area contributed by atoms with E-state index in [9.17, 15) is 0 Å². The first-order chi connectivity index (χ1) is 15.6. The van der Waals surface area contributed by atoms with Crippen LogP contribution in [0, 0.1) is 12.8 Å². The van der Waals surface area contributed by atoms with Gasteiger partial charge < -0.3 is 9.64 Å². The first-order valence-electron chi connectivity index (χ1n) is 11.8. The fraction of sp³-hybridized carbons (Fsp3) is 0.429. The lowest BCUT2D eigenvalue weighted by Gasteiger charge is -2.35. The average Bonchev–Trinajstić information content (AvgIpc) is 2.80. The number of ether oxygens (including phenoxy) is 1. The van der Waals surface area contributed by atoms with E-state index in [4.69, 9.17) is 4.74 Å². The van der Waals surface area contributed by atoms with Crippen LogP contribution >= 0.6 is 0 Å². The minimum absolute atomic E-state index is 0.343. The Labute approximate surface area is 194 Å². The number of benzene rings is 1. The van der Waals surface area contributed by atoms with Gasteiger partial charge in [-0.1, -0.05) is 67.1 Å². The number of nitrogens with one attached hydrogen (secondary N) is 1. The van der Waals surface area contributed by atoms with Crippen LogP contribution < -0.4 is 5.43 Å². The van der Waals surface area contributed by atoms with Crippen LogP contribution in [0.1, 0.15) is 31.4 Å². The van der Waals surface area contributed by atoms with Gasteiger partial charge in [0.15, 0.2) is 0 Å². The van der Waals surface area contributed by atoms with Gasteiger partial charge in [0.1, 0.15) is 0 Å². The second-order valence-electron chi connectivity index (χ2n) is 8.63. The molecule has 0 saturated carbocycles. The van der Waals surface area contributed by atoms with Crippen molar-refractivity contribution in [2.24, 2.45) is 5.92 Å². The SMILES string of the molecule is C=CC.CCC1C=C(C2=C(c3cccc(C)c3)N(C)CC=C2)C=CC1NN1CCOCC1. The molecule has 0 aromatic heterocycles. The topological polar surface area (TPSA) is 27.7 Å². The lowest BCUT2D eigenvalue weighted by atomic mass is 9.85. The van der Waals surface area contributed by atoms with Crippen molar-refractivity contribution in [2.75, 3.05) is 39.9 Å². The van der Waals surface area contributed by atoms with Crippen molar-refractivity contribution in [1.82, 2.24) is 15.3 Å². The highest BCUT2D eigenvalue weighted by Gasteiger charge is 2.25. The highest BCUT2D eigenvalue weighted by molar-refractivity contribution is 5.77. The van der Waals surface area contributed by atoms with Gasteiger partial charge in [0.05, 0.1) is 18.9 Å². The van der Waals surface area contributed by atoms with Gasteiger partial charge in [0.25, 0.3) is 0 Å². The van der Waals surface area contributed by atoms with E-state index in [0.717, 1.165) is 39.3 Å². The molecule has 4 nitrogen and oxygen atoms in total. The van der Waals surface area contributed by atoms with Crippen LogP contribution in [-0.4, -0.2) is 55.8 Å². The molecule has 0 radical (unpaired) electrons. The lowest BCUT2D eigenvalue weighted by Crippen LogP contribution is -2.51. The molecule has 2 aliphatic heterocycles. The zero-order valence-corrected chi connectivity index (χ0v) is 20.2. The summed E-state index contributed by atoms with van der Waals surface area (Å²) in [5.74, 6) is 0.477. The number of rotatable bonds is 5. The highest BCUT2D eigenvalue weighted by atomic mass is 16.5. The number of aryl methyl sites for hydroxylation is 1. The van der Waals surface area contributed by atoms with Gasteiger partial charge in [-0.3, -0.25) is 0 Å². The molecular formula is C28H39N3O. The molecule has 2 unspecified atom stereocenters. The quantitative estimate of drug-likeness (QED) is 0.652. The Kier molecular flexibility index (Phi) is 9.10. The predicted molar refractivity (Wildman–Crippen MR) is 136 cm³/mol. The largest absolute Gasteiger partial charge is 0.379 e. The second kappa shape index (κ2) is 12.0. The minimum atomic E-state index is 0.343.